The number of ether oxygens (including phenoxy) is 1. The third-order valence-corrected chi connectivity index (χ3v) is 5.06. The number of rotatable bonds is 7. The van der Waals surface area contributed by atoms with Crippen molar-refractivity contribution in [3.63, 3.8) is 0 Å². The van der Waals surface area contributed by atoms with Crippen LogP contribution in [0.15, 0.2) is 42.5 Å². The van der Waals surface area contributed by atoms with Gasteiger partial charge in [0, 0.05) is 50.6 Å². The van der Waals surface area contributed by atoms with Crippen LogP contribution in [0, 0.1) is 0 Å². The maximum Gasteiger partial charge on any atom is 0.223 e. The Balaban J connectivity index is 1.57. The van der Waals surface area contributed by atoms with Crippen LogP contribution >= 0.6 is 0 Å². The van der Waals surface area contributed by atoms with Crippen molar-refractivity contribution in [2.45, 2.75) is 58.6 Å². The molecule has 0 spiro atoms. The van der Waals surface area contributed by atoms with E-state index in [9.17, 15) is 4.79 Å². The SMILES string of the molecule is CN(Cc1ccccc1N1CCCC1)C(=O)CCc1cccc(OC(C)(C)C)n1. The molecule has 1 aliphatic heterocycles. The summed E-state index contributed by atoms with van der Waals surface area (Å²) in [5, 5.41) is 0. The molecule has 1 fully saturated rings. The Morgan fingerprint density at radius 3 is 2.55 bits per heavy atom. The van der Waals surface area contributed by atoms with E-state index in [2.05, 4.69) is 34.1 Å². The zero-order valence-electron chi connectivity index (χ0n) is 18.1. The average molecular weight is 396 g/mol. The lowest BCUT2D eigenvalue weighted by molar-refractivity contribution is -0.130. The van der Waals surface area contributed by atoms with Gasteiger partial charge >= 0.3 is 0 Å². The number of nitrogens with zero attached hydrogens (tertiary/aromatic N) is 3. The highest BCUT2D eigenvalue weighted by Gasteiger charge is 2.18. The van der Waals surface area contributed by atoms with Crippen LogP contribution in [0.1, 0.15) is 51.3 Å². The van der Waals surface area contributed by atoms with E-state index in [1.54, 1.807) is 0 Å². The van der Waals surface area contributed by atoms with Gasteiger partial charge in [0.2, 0.25) is 11.8 Å². The van der Waals surface area contributed by atoms with Crippen LogP contribution in [0.2, 0.25) is 0 Å². The summed E-state index contributed by atoms with van der Waals surface area (Å²) in [6.45, 7) is 8.84. The first-order valence-electron chi connectivity index (χ1n) is 10.5. The number of para-hydroxylation sites is 1. The Morgan fingerprint density at radius 2 is 1.83 bits per heavy atom. The number of pyridine rings is 1. The van der Waals surface area contributed by atoms with Crippen LogP contribution in [0.3, 0.4) is 0 Å². The third-order valence-electron chi connectivity index (χ3n) is 5.06. The van der Waals surface area contributed by atoms with Crippen molar-refractivity contribution in [1.29, 1.82) is 0 Å². The van der Waals surface area contributed by atoms with Crippen molar-refractivity contribution in [2.24, 2.45) is 0 Å². The second kappa shape index (κ2) is 9.29. The maximum atomic E-state index is 12.7. The highest BCUT2D eigenvalue weighted by atomic mass is 16.5. The molecule has 0 N–H and O–H groups in total. The normalized spacial score (nSPS) is 14.1. The number of carbonyl (C=O) groups excluding carboxylic acids is 1. The summed E-state index contributed by atoms with van der Waals surface area (Å²) in [7, 11) is 1.88. The Morgan fingerprint density at radius 1 is 1.10 bits per heavy atom. The summed E-state index contributed by atoms with van der Waals surface area (Å²) in [5.74, 6) is 0.737. The van der Waals surface area contributed by atoms with Crippen LogP contribution < -0.4 is 9.64 Å². The second-order valence-corrected chi connectivity index (χ2v) is 8.75. The fourth-order valence-corrected chi connectivity index (χ4v) is 3.65. The Kier molecular flexibility index (Phi) is 6.78. The summed E-state index contributed by atoms with van der Waals surface area (Å²) in [5.41, 5.74) is 3.07. The number of carbonyl (C=O) groups is 1. The van der Waals surface area contributed by atoms with Gasteiger partial charge in [-0.3, -0.25) is 4.79 Å². The van der Waals surface area contributed by atoms with Crippen LogP contribution in [0.4, 0.5) is 5.69 Å². The quantitative estimate of drug-likeness (QED) is 0.695. The number of aryl methyl sites for hydroxylation is 1. The Labute approximate surface area is 174 Å². The highest BCUT2D eigenvalue weighted by molar-refractivity contribution is 5.76. The molecule has 0 bridgehead atoms. The minimum Gasteiger partial charge on any atom is -0.472 e. The van der Waals surface area contributed by atoms with Gasteiger partial charge in [0.15, 0.2) is 0 Å². The first kappa shape index (κ1) is 21.2. The van der Waals surface area contributed by atoms with Gasteiger partial charge in [-0.25, -0.2) is 4.98 Å². The predicted octanol–water partition coefficient (Wildman–Crippen LogP) is 4.45. The molecular formula is C24H33N3O2. The molecule has 1 aromatic carbocycles. The van der Waals surface area contributed by atoms with Crippen LogP contribution in [0.5, 0.6) is 5.88 Å². The van der Waals surface area contributed by atoms with E-state index in [-0.39, 0.29) is 11.5 Å². The molecule has 1 aromatic heterocycles. The Hall–Kier alpha value is -2.56. The molecule has 3 rings (SSSR count). The molecule has 156 valence electrons. The summed E-state index contributed by atoms with van der Waals surface area (Å²) in [4.78, 5) is 21.5. The van der Waals surface area contributed by atoms with Gasteiger partial charge in [-0.1, -0.05) is 24.3 Å². The number of benzene rings is 1. The van der Waals surface area contributed by atoms with Crippen LogP contribution in [-0.4, -0.2) is 41.5 Å². The lowest BCUT2D eigenvalue weighted by atomic mass is 10.1. The lowest BCUT2D eigenvalue weighted by Crippen LogP contribution is -2.28. The molecule has 29 heavy (non-hydrogen) atoms. The summed E-state index contributed by atoms with van der Waals surface area (Å²) >= 11 is 0. The van der Waals surface area contributed by atoms with Crippen molar-refractivity contribution < 1.29 is 9.53 Å². The topological polar surface area (TPSA) is 45.7 Å². The van der Waals surface area contributed by atoms with E-state index < -0.39 is 0 Å². The fraction of sp³-hybridized carbons (Fsp3) is 0.500. The minimum absolute atomic E-state index is 0.130. The zero-order valence-corrected chi connectivity index (χ0v) is 18.1. The molecule has 2 heterocycles. The second-order valence-electron chi connectivity index (χ2n) is 8.75. The standard InChI is InChI=1S/C24H33N3O2/c1-24(2,3)29-22-13-9-11-20(25-22)14-15-23(28)26(4)18-19-10-5-6-12-21(19)27-16-7-8-17-27/h5-6,9-13H,7-8,14-18H2,1-4H3. The first-order chi connectivity index (χ1) is 13.8. The van der Waals surface area contributed by atoms with Gasteiger partial charge in [-0.05, 0) is 57.7 Å². The van der Waals surface area contributed by atoms with E-state index >= 15 is 0 Å². The summed E-state index contributed by atoms with van der Waals surface area (Å²) in [6, 6.07) is 14.2. The van der Waals surface area contributed by atoms with E-state index in [1.807, 2.05) is 50.9 Å². The van der Waals surface area contributed by atoms with Crippen LogP contribution in [-0.2, 0) is 17.8 Å². The van der Waals surface area contributed by atoms with Crippen molar-refractivity contribution >= 4 is 11.6 Å². The minimum atomic E-state index is -0.287. The van der Waals surface area contributed by atoms with Gasteiger partial charge in [0.25, 0.3) is 0 Å². The number of hydrogen-bond donors (Lipinski definition) is 0. The van der Waals surface area contributed by atoms with Crippen molar-refractivity contribution in [3.8, 4) is 5.88 Å². The summed E-state index contributed by atoms with van der Waals surface area (Å²) < 4.78 is 5.83. The molecule has 5 nitrogen and oxygen atoms in total. The van der Waals surface area contributed by atoms with Gasteiger partial charge in [-0.15, -0.1) is 0 Å². The number of anilines is 1. The molecule has 1 amide bonds. The smallest absolute Gasteiger partial charge is 0.223 e. The van der Waals surface area contributed by atoms with Gasteiger partial charge in [0.1, 0.15) is 5.60 Å². The molecule has 2 aromatic rings. The van der Waals surface area contributed by atoms with Gasteiger partial charge in [0.05, 0.1) is 0 Å². The molecule has 0 radical (unpaired) electrons. The van der Waals surface area contributed by atoms with Crippen molar-refractivity contribution in [1.82, 2.24) is 9.88 Å². The molecule has 1 saturated heterocycles. The highest BCUT2D eigenvalue weighted by Crippen LogP contribution is 2.25. The van der Waals surface area contributed by atoms with Crippen LogP contribution in [0.25, 0.3) is 0 Å². The lowest BCUT2D eigenvalue weighted by Gasteiger charge is -2.24. The Bertz CT molecular complexity index is 823. The number of amides is 1. The van der Waals surface area contributed by atoms with Crippen molar-refractivity contribution in [2.75, 3.05) is 25.0 Å². The maximum absolute atomic E-state index is 12.7. The van der Waals surface area contributed by atoms with E-state index in [1.165, 1.54) is 24.1 Å². The fourth-order valence-electron chi connectivity index (χ4n) is 3.65. The van der Waals surface area contributed by atoms with E-state index in [0.29, 0.717) is 25.3 Å². The molecule has 0 unspecified atom stereocenters. The zero-order chi connectivity index (χ0) is 20.9. The molecule has 0 saturated carbocycles. The van der Waals surface area contributed by atoms with Crippen molar-refractivity contribution in [3.05, 3.63) is 53.7 Å². The van der Waals surface area contributed by atoms with Gasteiger partial charge < -0.3 is 14.5 Å². The average Bonchev–Trinajstić information content (AvgIpc) is 3.20. The number of aromatic nitrogens is 1. The number of hydrogen-bond acceptors (Lipinski definition) is 4. The van der Waals surface area contributed by atoms with E-state index in [4.69, 9.17) is 4.74 Å². The monoisotopic (exact) mass is 395 g/mol. The predicted molar refractivity (Wildman–Crippen MR) is 117 cm³/mol. The first-order valence-corrected chi connectivity index (χ1v) is 10.5. The molecule has 0 atom stereocenters. The largest absolute Gasteiger partial charge is 0.472 e. The molecule has 5 heteroatoms. The third kappa shape index (κ3) is 6.21. The molecule has 0 aliphatic carbocycles. The molecule has 1 aliphatic rings. The van der Waals surface area contributed by atoms with Gasteiger partial charge in [-0.2, -0.15) is 0 Å². The van der Waals surface area contributed by atoms with E-state index in [0.717, 1.165) is 18.8 Å². The summed E-state index contributed by atoms with van der Waals surface area (Å²) in [6.07, 6.45) is 3.54. The molecular weight excluding hydrogens is 362 g/mol.